The minimum atomic E-state index is -5.08. The first-order valence-electron chi connectivity index (χ1n) is 8.93. The number of halogens is 6. The van der Waals surface area contributed by atoms with Crippen LogP contribution in [0, 0.1) is 0 Å². The van der Waals surface area contributed by atoms with Crippen LogP contribution in [0.5, 0.6) is 0 Å². The molecule has 1 aliphatic heterocycles. The molecule has 0 fully saturated rings. The number of hydrogen-bond acceptors (Lipinski definition) is 7. The van der Waals surface area contributed by atoms with Crippen LogP contribution in [-0.2, 0) is 20.5 Å². The van der Waals surface area contributed by atoms with Crippen LogP contribution in [0.1, 0.15) is 35.9 Å². The van der Waals surface area contributed by atoms with Gasteiger partial charge in [-0.2, -0.15) is 26.3 Å². The van der Waals surface area contributed by atoms with E-state index < -0.39 is 39.9 Å². The minimum Gasteiger partial charge on any atom is -0.475 e. The summed E-state index contributed by atoms with van der Waals surface area (Å²) in [4.78, 5) is 24.6. The number of amides is 1. The van der Waals surface area contributed by atoms with Gasteiger partial charge in [-0.15, -0.1) is 10.2 Å². The number of carboxylic acids is 1. The first-order chi connectivity index (χ1) is 15.4. The molecular weight excluding hydrogens is 500 g/mol. The third kappa shape index (κ3) is 5.70. The van der Waals surface area contributed by atoms with Gasteiger partial charge in [-0.05, 0) is 26.0 Å². The van der Waals surface area contributed by atoms with Crippen molar-refractivity contribution in [2.45, 2.75) is 42.8 Å². The van der Waals surface area contributed by atoms with Crippen LogP contribution in [0.4, 0.5) is 26.3 Å². The average Bonchev–Trinajstić information content (AvgIpc) is 3.37. The number of alkyl halides is 6. The van der Waals surface area contributed by atoms with Gasteiger partial charge in [0.25, 0.3) is 15.9 Å². The van der Waals surface area contributed by atoms with Crippen molar-refractivity contribution >= 4 is 21.9 Å². The molecule has 0 radical (unpaired) electrons. The van der Waals surface area contributed by atoms with Crippen molar-refractivity contribution in [2.75, 3.05) is 0 Å². The number of aliphatic carboxylic acids is 1. The van der Waals surface area contributed by atoms with Crippen LogP contribution in [0.25, 0.3) is 0 Å². The SMILES string of the molecule is CC(C)n1cncc1C(=O)NS(=O)(=O)c1ccc(C2(C(F)(F)F)N=N2)cc1.O=C(O)C(F)(F)F. The standard InChI is InChI=1S/C15H14F3N5O3S.C2HF3O2/c1-9(2)23-8-19-7-12(23)13(24)20-27(25,26)11-5-3-10(4-6-11)14(21-22-14)15(16,17)18;3-2(4,5)1(6)7/h3-9H,1-2H3,(H,20,24);(H,6,7). The molecule has 0 aliphatic carbocycles. The smallest absolute Gasteiger partial charge is 0.475 e. The lowest BCUT2D eigenvalue weighted by molar-refractivity contribution is -0.192. The molecule has 34 heavy (non-hydrogen) atoms. The zero-order chi connectivity index (χ0) is 26.1. The summed E-state index contributed by atoms with van der Waals surface area (Å²) in [7, 11) is -4.29. The zero-order valence-electron chi connectivity index (χ0n) is 17.1. The Morgan fingerprint density at radius 3 is 1.94 bits per heavy atom. The van der Waals surface area contributed by atoms with Gasteiger partial charge in [0, 0.05) is 11.6 Å². The van der Waals surface area contributed by atoms with Crippen molar-refractivity contribution in [1.29, 1.82) is 0 Å². The molecule has 186 valence electrons. The van der Waals surface area contributed by atoms with E-state index in [0.717, 1.165) is 24.3 Å². The second kappa shape index (κ2) is 9.03. The molecule has 2 N–H and O–H groups in total. The monoisotopic (exact) mass is 515 g/mol. The highest BCUT2D eigenvalue weighted by atomic mass is 32.2. The predicted molar refractivity (Wildman–Crippen MR) is 100.0 cm³/mol. The topological polar surface area (TPSA) is 143 Å². The van der Waals surface area contributed by atoms with E-state index >= 15 is 0 Å². The van der Waals surface area contributed by atoms with Crippen molar-refractivity contribution in [3.8, 4) is 0 Å². The summed E-state index contributed by atoms with van der Waals surface area (Å²) in [5.41, 5.74) is -2.91. The predicted octanol–water partition coefficient (Wildman–Crippen LogP) is 3.40. The Morgan fingerprint density at radius 2 is 1.56 bits per heavy atom. The highest BCUT2D eigenvalue weighted by Crippen LogP contribution is 2.52. The lowest BCUT2D eigenvalue weighted by Crippen LogP contribution is -2.32. The fourth-order valence-electron chi connectivity index (χ4n) is 2.43. The quantitative estimate of drug-likeness (QED) is 0.585. The van der Waals surface area contributed by atoms with Gasteiger partial charge in [-0.3, -0.25) is 4.79 Å². The fourth-order valence-corrected chi connectivity index (χ4v) is 3.40. The van der Waals surface area contributed by atoms with Crippen LogP contribution in [0.15, 0.2) is 51.9 Å². The first-order valence-corrected chi connectivity index (χ1v) is 10.4. The molecule has 2 heterocycles. The Kier molecular flexibility index (Phi) is 7.11. The van der Waals surface area contributed by atoms with Crippen molar-refractivity contribution in [1.82, 2.24) is 14.3 Å². The Balaban J connectivity index is 0.000000509. The van der Waals surface area contributed by atoms with Crippen molar-refractivity contribution in [3.63, 3.8) is 0 Å². The number of aromatic nitrogens is 2. The number of nitrogens with one attached hydrogen (secondary N) is 1. The Morgan fingerprint density at radius 1 is 1.06 bits per heavy atom. The summed E-state index contributed by atoms with van der Waals surface area (Å²) in [6.45, 7) is 3.58. The highest BCUT2D eigenvalue weighted by Gasteiger charge is 2.65. The van der Waals surface area contributed by atoms with Crippen molar-refractivity contribution < 1.29 is 49.5 Å². The molecule has 0 atom stereocenters. The molecule has 17 heteroatoms. The molecule has 0 spiro atoms. The van der Waals surface area contributed by atoms with Crippen molar-refractivity contribution in [2.24, 2.45) is 10.2 Å². The number of carbonyl (C=O) groups is 2. The summed E-state index contributed by atoms with van der Waals surface area (Å²) in [5.74, 6) is -3.66. The lowest BCUT2D eigenvalue weighted by Gasteiger charge is -2.15. The second-order valence-electron chi connectivity index (χ2n) is 6.91. The van der Waals surface area contributed by atoms with Crippen LogP contribution in [-0.4, -0.2) is 47.3 Å². The van der Waals surface area contributed by atoms with E-state index in [0.29, 0.717) is 0 Å². The number of imidazole rings is 1. The molecule has 1 aromatic heterocycles. The average molecular weight is 515 g/mol. The Labute approximate surface area is 187 Å². The van der Waals surface area contributed by atoms with Gasteiger partial charge < -0.3 is 9.67 Å². The zero-order valence-corrected chi connectivity index (χ0v) is 17.9. The summed E-state index contributed by atoms with van der Waals surface area (Å²) in [5, 5.41) is 13.2. The van der Waals surface area contributed by atoms with E-state index in [1.807, 2.05) is 4.72 Å². The van der Waals surface area contributed by atoms with Gasteiger partial charge >= 0.3 is 24.0 Å². The normalized spacial score (nSPS) is 14.9. The molecule has 1 amide bonds. The van der Waals surface area contributed by atoms with Crippen LogP contribution < -0.4 is 4.72 Å². The number of carbonyl (C=O) groups excluding carboxylic acids is 1. The van der Waals surface area contributed by atoms with E-state index in [2.05, 4.69) is 15.2 Å². The number of carboxylic acid groups (broad SMARTS) is 1. The van der Waals surface area contributed by atoms with Gasteiger partial charge in [-0.25, -0.2) is 22.9 Å². The van der Waals surface area contributed by atoms with Gasteiger partial charge in [0.2, 0.25) is 0 Å². The summed E-state index contributed by atoms with van der Waals surface area (Å²) >= 11 is 0. The van der Waals surface area contributed by atoms with Gasteiger partial charge in [0.1, 0.15) is 5.69 Å². The lowest BCUT2D eigenvalue weighted by atomic mass is 10.0. The first kappa shape index (κ1) is 26.7. The molecule has 3 rings (SSSR count). The van der Waals surface area contributed by atoms with Crippen LogP contribution >= 0.6 is 0 Å². The maximum absolute atomic E-state index is 13.0. The third-order valence-corrected chi connectivity index (χ3v) is 5.53. The Bertz CT molecular complexity index is 1200. The van der Waals surface area contributed by atoms with E-state index in [9.17, 15) is 39.6 Å². The second-order valence-corrected chi connectivity index (χ2v) is 8.59. The van der Waals surface area contributed by atoms with Gasteiger partial charge in [-0.1, -0.05) is 12.1 Å². The molecule has 0 saturated carbocycles. The molecule has 0 bridgehead atoms. The molecule has 0 unspecified atom stereocenters. The fraction of sp³-hybridized carbons (Fsp3) is 0.353. The maximum Gasteiger partial charge on any atom is 0.490 e. The summed E-state index contributed by atoms with van der Waals surface area (Å²) < 4.78 is 98.8. The van der Waals surface area contributed by atoms with Crippen LogP contribution in [0.3, 0.4) is 0 Å². The van der Waals surface area contributed by atoms with Crippen molar-refractivity contribution in [3.05, 3.63) is 48.0 Å². The van der Waals surface area contributed by atoms with Gasteiger partial charge in [0.05, 0.1) is 17.4 Å². The van der Waals surface area contributed by atoms with E-state index in [1.54, 1.807) is 13.8 Å². The summed E-state index contributed by atoms with van der Waals surface area (Å²) in [6.07, 6.45) is -7.19. The molecule has 0 saturated heterocycles. The van der Waals surface area contributed by atoms with Gasteiger partial charge in [0.15, 0.2) is 0 Å². The number of nitrogens with zero attached hydrogens (tertiary/aromatic N) is 4. The number of rotatable bonds is 5. The number of sulfonamides is 1. The molecule has 1 aliphatic rings. The third-order valence-electron chi connectivity index (χ3n) is 4.19. The molecule has 1 aromatic carbocycles. The van der Waals surface area contributed by atoms with E-state index in [1.165, 1.54) is 17.1 Å². The Hall–Kier alpha value is -3.50. The molecule has 10 nitrogen and oxygen atoms in total. The van der Waals surface area contributed by atoms with E-state index in [-0.39, 0.29) is 22.2 Å². The summed E-state index contributed by atoms with van der Waals surface area (Å²) in [6, 6.07) is 3.72. The molecular formula is C17H15F6N5O5S. The highest BCUT2D eigenvalue weighted by molar-refractivity contribution is 7.90. The largest absolute Gasteiger partial charge is 0.490 e. The number of benzene rings is 1. The maximum atomic E-state index is 13.0. The van der Waals surface area contributed by atoms with E-state index in [4.69, 9.17) is 9.90 Å². The van der Waals surface area contributed by atoms with Crippen LogP contribution in [0.2, 0.25) is 0 Å². The number of hydrogen-bond donors (Lipinski definition) is 2. The minimum absolute atomic E-state index is 0.0387. The molecule has 2 aromatic rings.